The highest BCUT2D eigenvalue weighted by Crippen LogP contribution is 2.33. The van der Waals surface area contributed by atoms with Crippen molar-refractivity contribution in [3.8, 4) is 5.75 Å². The maximum absolute atomic E-state index is 12.2. The number of nitrogens with zero attached hydrogens (tertiary/aromatic N) is 2. The minimum absolute atomic E-state index is 0.0965. The summed E-state index contributed by atoms with van der Waals surface area (Å²) in [6.07, 6.45) is -3.20. The van der Waals surface area contributed by atoms with E-state index < -0.39 is 6.36 Å². The summed E-state index contributed by atoms with van der Waals surface area (Å²) in [5, 5.41) is 2.95. The summed E-state index contributed by atoms with van der Waals surface area (Å²) in [7, 11) is 0. The zero-order chi connectivity index (χ0) is 15.6. The van der Waals surface area contributed by atoms with Gasteiger partial charge in [0.2, 0.25) is 5.95 Å². The second-order valence-electron chi connectivity index (χ2n) is 4.08. The summed E-state index contributed by atoms with van der Waals surface area (Å²) < 4.78 is 40.5. The maximum atomic E-state index is 12.2. The third kappa shape index (κ3) is 4.22. The summed E-state index contributed by atoms with van der Waals surface area (Å²) in [5.41, 5.74) is 6.76. The number of anilines is 3. The topological polar surface area (TPSA) is 73.1 Å². The van der Waals surface area contributed by atoms with E-state index in [1.165, 1.54) is 18.2 Å². The molecule has 0 unspecified atom stereocenters. The van der Waals surface area contributed by atoms with Crippen molar-refractivity contribution in [2.75, 3.05) is 11.1 Å². The molecule has 5 nitrogen and oxygen atoms in total. The standard InChI is InChI=1S/C12H10BrF3N4O/c1-6-5-18-11(17)20-10(6)19-7-2-3-9(8(13)4-7)21-12(14,15)16/h2-5H,1H3,(H3,17,18,19,20). The largest absolute Gasteiger partial charge is 0.573 e. The SMILES string of the molecule is Cc1cnc(N)nc1Nc1ccc(OC(F)(F)F)c(Br)c1. The Bertz CT molecular complexity index is 663. The quantitative estimate of drug-likeness (QED) is 0.869. The van der Waals surface area contributed by atoms with E-state index in [1.807, 2.05) is 0 Å². The number of nitrogen functional groups attached to an aromatic ring is 1. The predicted octanol–water partition coefficient (Wildman–Crippen LogP) is 3.77. The average molecular weight is 363 g/mol. The van der Waals surface area contributed by atoms with Crippen molar-refractivity contribution in [3.63, 3.8) is 0 Å². The van der Waals surface area contributed by atoms with Crippen molar-refractivity contribution in [1.29, 1.82) is 0 Å². The first-order valence-electron chi connectivity index (χ1n) is 5.66. The molecule has 0 atom stereocenters. The van der Waals surface area contributed by atoms with Crippen LogP contribution in [0.25, 0.3) is 0 Å². The Morgan fingerprint density at radius 3 is 2.67 bits per heavy atom. The van der Waals surface area contributed by atoms with E-state index >= 15 is 0 Å². The Hall–Kier alpha value is -2.03. The zero-order valence-electron chi connectivity index (χ0n) is 10.7. The van der Waals surface area contributed by atoms with Gasteiger partial charge in [-0.25, -0.2) is 4.98 Å². The van der Waals surface area contributed by atoms with Crippen LogP contribution in [0.2, 0.25) is 0 Å². The maximum Gasteiger partial charge on any atom is 0.573 e. The van der Waals surface area contributed by atoms with Gasteiger partial charge in [-0.3, -0.25) is 0 Å². The first kappa shape index (κ1) is 15.4. The average Bonchev–Trinajstić information content (AvgIpc) is 2.36. The third-order valence-electron chi connectivity index (χ3n) is 2.41. The molecule has 112 valence electrons. The van der Waals surface area contributed by atoms with Gasteiger partial charge in [0.15, 0.2) is 0 Å². The van der Waals surface area contributed by atoms with Crippen LogP contribution in [-0.4, -0.2) is 16.3 Å². The minimum atomic E-state index is -4.74. The molecule has 0 fully saturated rings. The van der Waals surface area contributed by atoms with Crippen LogP contribution in [0.5, 0.6) is 5.75 Å². The van der Waals surface area contributed by atoms with Gasteiger partial charge in [0.1, 0.15) is 11.6 Å². The van der Waals surface area contributed by atoms with Crippen LogP contribution in [0.4, 0.5) is 30.6 Å². The van der Waals surface area contributed by atoms with Crippen LogP contribution >= 0.6 is 15.9 Å². The highest BCUT2D eigenvalue weighted by Gasteiger charge is 2.31. The summed E-state index contributed by atoms with van der Waals surface area (Å²) in [6, 6.07) is 4.07. The number of rotatable bonds is 3. The molecule has 0 aliphatic heterocycles. The fraction of sp³-hybridized carbons (Fsp3) is 0.167. The van der Waals surface area contributed by atoms with Crippen molar-refractivity contribution in [2.24, 2.45) is 0 Å². The normalized spacial score (nSPS) is 11.3. The summed E-state index contributed by atoms with van der Waals surface area (Å²) in [4.78, 5) is 7.83. The Balaban J connectivity index is 2.22. The Morgan fingerprint density at radius 1 is 1.33 bits per heavy atom. The lowest BCUT2D eigenvalue weighted by atomic mass is 10.3. The molecule has 0 amide bonds. The van der Waals surface area contributed by atoms with E-state index in [4.69, 9.17) is 5.73 Å². The molecule has 0 saturated carbocycles. The predicted molar refractivity (Wildman–Crippen MR) is 75.3 cm³/mol. The van der Waals surface area contributed by atoms with Crippen LogP contribution in [0.3, 0.4) is 0 Å². The monoisotopic (exact) mass is 362 g/mol. The van der Waals surface area contributed by atoms with E-state index in [0.29, 0.717) is 11.5 Å². The van der Waals surface area contributed by atoms with Gasteiger partial charge in [-0.1, -0.05) is 0 Å². The molecule has 0 aliphatic carbocycles. The highest BCUT2D eigenvalue weighted by atomic mass is 79.9. The van der Waals surface area contributed by atoms with Crippen molar-refractivity contribution in [3.05, 3.63) is 34.4 Å². The minimum Gasteiger partial charge on any atom is -0.405 e. The molecule has 1 heterocycles. The second-order valence-corrected chi connectivity index (χ2v) is 4.93. The lowest BCUT2D eigenvalue weighted by molar-refractivity contribution is -0.274. The Labute approximate surface area is 126 Å². The molecule has 9 heteroatoms. The zero-order valence-corrected chi connectivity index (χ0v) is 12.3. The van der Waals surface area contributed by atoms with Gasteiger partial charge >= 0.3 is 6.36 Å². The van der Waals surface area contributed by atoms with E-state index in [2.05, 4.69) is 36.0 Å². The number of aryl methyl sites for hydroxylation is 1. The molecule has 0 spiro atoms. The lowest BCUT2D eigenvalue weighted by Gasteiger charge is -2.13. The lowest BCUT2D eigenvalue weighted by Crippen LogP contribution is -2.17. The van der Waals surface area contributed by atoms with Crippen molar-refractivity contribution >= 4 is 33.4 Å². The van der Waals surface area contributed by atoms with Gasteiger partial charge in [0, 0.05) is 17.4 Å². The molecular weight excluding hydrogens is 353 g/mol. The fourth-order valence-corrected chi connectivity index (χ4v) is 1.96. The first-order chi connectivity index (χ1) is 9.74. The van der Waals surface area contributed by atoms with Gasteiger partial charge < -0.3 is 15.8 Å². The summed E-state index contributed by atoms with van der Waals surface area (Å²) in [5.74, 6) is 0.241. The van der Waals surface area contributed by atoms with Crippen LogP contribution in [-0.2, 0) is 0 Å². The molecule has 21 heavy (non-hydrogen) atoms. The van der Waals surface area contributed by atoms with Crippen molar-refractivity contribution < 1.29 is 17.9 Å². The molecule has 3 N–H and O–H groups in total. The molecule has 0 radical (unpaired) electrons. The fourth-order valence-electron chi connectivity index (χ4n) is 1.50. The number of halogens is 4. The van der Waals surface area contributed by atoms with Crippen LogP contribution in [0.15, 0.2) is 28.9 Å². The number of alkyl halides is 3. The number of hydrogen-bond acceptors (Lipinski definition) is 5. The number of hydrogen-bond donors (Lipinski definition) is 2. The van der Waals surface area contributed by atoms with Crippen LogP contribution < -0.4 is 15.8 Å². The first-order valence-corrected chi connectivity index (χ1v) is 6.45. The number of benzene rings is 1. The van der Waals surface area contributed by atoms with Crippen LogP contribution in [0, 0.1) is 6.92 Å². The second kappa shape index (κ2) is 5.76. The highest BCUT2D eigenvalue weighted by molar-refractivity contribution is 9.10. The number of aromatic nitrogens is 2. The van der Waals surface area contributed by atoms with Gasteiger partial charge in [-0.2, -0.15) is 4.98 Å². The number of nitrogens with one attached hydrogen (secondary N) is 1. The molecule has 0 aliphatic rings. The van der Waals surface area contributed by atoms with Gasteiger partial charge in [0.05, 0.1) is 4.47 Å². The third-order valence-corrected chi connectivity index (χ3v) is 3.03. The van der Waals surface area contributed by atoms with Crippen LogP contribution in [0.1, 0.15) is 5.56 Å². The van der Waals surface area contributed by atoms with E-state index in [9.17, 15) is 13.2 Å². The molecular formula is C12H10BrF3N4O. The van der Waals surface area contributed by atoms with Gasteiger partial charge in [-0.05, 0) is 41.1 Å². The molecule has 0 saturated heterocycles. The summed E-state index contributed by atoms with van der Waals surface area (Å²) in [6.45, 7) is 1.78. The van der Waals surface area contributed by atoms with Gasteiger partial charge in [0.25, 0.3) is 0 Å². The molecule has 1 aromatic carbocycles. The molecule has 0 bridgehead atoms. The Morgan fingerprint density at radius 2 is 2.05 bits per heavy atom. The van der Waals surface area contributed by atoms with E-state index in [0.717, 1.165) is 5.56 Å². The smallest absolute Gasteiger partial charge is 0.405 e. The Kier molecular flexibility index (Phi) is 4.21. The molecule has 1 aromatic heterocycles. The molecule has 2 aromatic rings. The van der Waals surface area contributed by atoms with Crippen molar-refractivity contribution in [2.45, 2.75) is 13.3 Å². The van der Waals surface area contributed by atoms with Gasteiger partial charge in [-0.15, -0.1) is 13.2 Å². The summed E-state index contributed by atoms with van der Waals surface area (Å²) >= 11 is 3.02. The number of nitrogens with two attached hydrogens (primary N) is 1. The van der Waals surface area contributed by atoms with E-state index in [1.54, 1.807) is 13.1 Å². The number of ether oxygens (including phenoxy) is 1. The van der Waals surface area contributed by atoms with Crippen molar-refractivity contribution in [1.82, 2.24) is 9.97 Å². The van der Waals surface area contributed by atoms with E-state index in [-0.39, 0.29) is 16.2 Å². The molecule has 2 rings (SSSR count).